The number of hydrogen-bond acceptors (Lipinski definition) is 5. The highest BCUT2D eigenvalue weighted by Crippen LogP contribution is 2.38. The molecular formula is C27H30ClN3O3. The van der Waals surface area contributed by atoms with Crippen LogP contribution in [0.5, 0.6) is 0 Å². The SMILES string of the molecule is CC(=O)NC(C)(C)c1oc(-c2ccc(CCN3CC4(COC4)C3)cc2)nc1-c1cccc(Cl)c1. The molecular weight excluding hydrogens is 450 g/mol. The number of rotatable bonds is 7. The zero-order valence-corrected chi connectivity index (χ0v) is 20.6. The molecule has 0 unspecified atom stereocenters. The lowest BCUT2D eigenvalue weighted by molar-refractivity contribution is -0.188. The van der Waals surface area contributed by atoms with Crippen LogP contribution < -0.4 is 5.32 Å². The Labute approximate surface area is 205 Å². The van der Waals surface area contributed by atoms with Gasteiger partial charge in [0.25, 0.3) is 0 Å². The molecule has 2 saturated heterocycles. The van der Waals surface area contributed by atoms with E-state index in [2.05, 4.69) is 34.5 Å². The van der Waals surface area contributed by atoms with E-state index in [1.165, 1.54) is 12.5 Å². The van der Waals surface area contributed by atoms with Gasteiger partial charge in [0.15, 0.2) is 5.76 Å². The standard InChI is InChI=1S/C27H30ClN3O3/c1-18(32)30-26(2,3)24-23(21-5-4-6-22(28)13-21)29-25(34-24)20-9-7-19(8-10-20)11-12-31-14-27(15-31)16-33-17-27/h4-10,13H,11-12,14-17H2,1-3H3,(H,30,32). The molecule has 0 aliphatic carbocycles. The fourth-order valence-corrected chi connectivity index (χ4v) is 5.12. The molecule has 178 valence electrons. The summed E-state index contributed by atoms with van der Waals surface area (Å²) in [5.74, 6) is 0.975. The summed E-state index contributed by atoms with van der Waals surface area (Å²) >= 11 is 6.24. The van der Waals surface area contributed by atoms with Gasteiger partial charge in [-0.1, -0.05) is 35.9 Å². The quantitative estimate of drug-likeness (QED) is 0.521. The molecule has 1 amide bonds. The zero-order valence-electron chi connectivity index (χ0n) is 19.9. The molecule has 5 rings (SSSR count). The van der Waals surface area contributed by atoms with E-state index in [0.29, 0.717) is 27.8 Å². The number of hydrogen-bond donors (Lipinski definition) is 1. The average molecular weight is 480 g/mol. The summed E-state index contributed by atoms with van der Waals surface area (Å²) in [7, 11) is 0. The van der Waals surface area contributed by atoms with Crippen LogP contribution in [0.4, 0.5) is 0 Å². The number of nitrogens with one attached hydrogen (secondary N) is 1. The zero-order chi connectivity index (χ0) is 23.9. The number of likely N-dealkylation sites (tertiary alicyclic amines) is 1. The van der Waals surface area contributed by atoms with Crippen LogP contribution in [0.15, 0.2) is 52.9 Å². The smallest absolute Gasteiger partial charge is 0.227 e. The highest BCUT2D eigenvalue weighted by atomic mass is 35.5. The molecule has 0 atom stereocenters. The van der Waals surface area contributed by atoms with Gasteiger partial charge in [-0.3, -0.25) is 4.79 Å². The third-order valence-corrected chi connectivity index (χ3v) is 6.87. The molecule has 1 aromatic heterocycles. The van der Waals surface area contributed by atoms with Crippen molar-refractivity contribution < 1.29 is 13.9 Å². The Morgan fingerprint density at radius 2 is 1.88 bits per heavy atom. The van der Waals surface area contributed by atoms with Gasteiger partial charge in [-0.25, -0.2) is 4.98 Å². The van der Waals surface area contributed by atoms with Crippen LogP contribution in [0.2, 0.25) is 5.02 Å². The molecule has 2 aromatic carbocycles. The second-order valence-corrected chi connectivity index (χ2v) is 10.6. The second kappa shape index (κ2) is 8.84. The number of nitrogens with zero attached hydrogens (tertiary/aromatic N) is 2. The molecule has 6 nitrogen and oxygen atoms in total. The van der Waals surface area contributed by atoms with Crippen LogP contribution in [-0.2, 0) is 21.5 Å². The Morgan fingerprint density at radius 3 is 2.50 bits per heavy atom. The number of halogens is 1. The van der Waals surface area contributed by atoms with Crippen molar-refractivity contribution in [3.05, 3.63) is 64.9 Å². The largest absolute Gasteiger partial charge is 0.438 e. The maximum atomic E-state index is 11.8. The van der Waals surface area contributed by atoms with E-state index in [0.717, 1.165) is 50.4 Å². The number of carbonyl (C=O) groups is 1. The normalized spacial score (nSPS) is 17.3. The monoisotopic (exact) mass is 479 g/mol. The summed E-state index contributed by atoms with van der Waals surface area (Å²) in [5.41, 5.74) is 3.41. The lowest BCUT2D eigenvalue weighted by atomic mass is 9.78. The minimum atomic E-state index is -0.741. The van der Waals surface area contributed by atoms with E-state index >= 15 is 0 Å². The van der Waals surface area contributed by atoms with Gasteiger partial charge in [0, 0.05) is 48.1 Å². The predicted octanol–water partition coefficient (Wildman–Crippen LogP) is 4.91. The van der Waals surface area contributed by atoms with Gasteiger partial charge < -0.3 is 19.4 Å². The molecule has 0 bridgehead atoms. The van der Waals surface area contributed by atoms with Crippen molar-refractivity contribution in [2.24, 2.45) is 5.41 Å². The van der Waals surface area contributed by atoms with Gasteiger partial charge in [0.1, 0.15) is 5.69 Å². The summed E-state index contributed by atoms with van der Waals surface area (Å²) in [6, 6.07) is 15.9. The van der Waals surface area contributed by atoms with E-state index in [1.54, 1.807) is 0 Å². The predicted molar refractivity (Wildman–Crippen MR) is 133 cm³/mol. The molecule has 2 aliphatic rings. The summed E-state index contributed by atoms with van der Waals surface area (Å²) in [4.78, 5) is 19.2. The Morgan fingerprint density at radius 1 is 1.15 bits per heavy atom. The molecule has 3 aromatic rings. The Kier molecular flexibility index (Phi) is 6.00. The Balaban J connectivity index is 1.36. The molecule has 34 heavy (non-hydrogen) atoms. The number of ether oxygens (including phenoxy) is 1. The molecule has 3 heterocycles. The van der Waals surface area contributed by atoms with Crippen molar-refractivity contribution in [3.8, 4) is 22.7 Å². The van der Waals surface area contributed by atoms with Crippen molar-refractivity contribution >= 4 is 17.5 Å². The summed E-state index contributed by atoms with van der Waals surface area (Å²) in [6.45, 7) is 10.5. The lowest BCUT2D eigenvalue weighted by Crippen LogP contribution is -2.66. The second-order valence-electron chi connectivity index (χ2n) is 10.2. The Bertz CT molecular complexity index is 1190. The third kappa shape index (κ3) is 4.63. The molecule has 2 aliphatic heterocycles. The molecule has 2 fully saturated rings. The average Bonchev–Trinajstić information content (AvgIpc) is 3.18. The highest BCUT2D eigenvalue weighted by Gasteiger charge is 2.48. The number of amides is 1. The maximum Gasteiger partial charge on any atom is 0.227 e. The first-order valence-corrected chi connectivity index (χ1v) is 12.1. The number of aromatic nitrogens is 1. The van der Waals surface area contributed by atoms with Crippen LogP contribution in [0.1, 0.15) is 32.1 Å². The van der Waals surface area contributed by atoms with E-state index in [9.17, 15) is 4.79 Å². The molecule has 1 spiro atoms. The van der Waals surface area contributed by atoms with Gasteiger partial charge in [-0.15, -0.1) is 0 Å². The summed E-state index contributed by atoms with van der Waals surface area (Å²) in [5, 5.41) is 3.59. The van der Waals surface area contributed by atoms with Gasteiger partial charge >= 0.3 is 0 Å². The van der Waals surface area contributed by atoms with Crippen molar-refractivity contribution in [2.45, 2.75) is 32.7 Å². The van der Waals surface area contributed by atoms with E-state index in [4.69, 9.17) is 25.7 Å². The Hall–Kier alpha value is -2.67. The van der Waals surface area contributed by atoms with Crippen LogP contribution in [0, 0.1) is 5.41 Å². The van der Waals surface area contributed by atoms with Crippen molar-refractivity contribution in [2.75, 3.05) is 32.8 Å². The van der Waals surface area contributed by atoms with Crippen molar-refractivity contribution in [1.82, 2.24) is 15.2 Å². The number of oxazole rings is 1. The molecule has 0 radical (unpaired) electrons. The third-order valence-electron chi connectivity index (χ3n) is 6.63. The minimum Gasteiger partial charge on any atom is -0.438 e. The van der Waals surface area contributed by atoms with Crippen LogP contribution in [-0.4, -0.2) is 48.6 Å². The summed E-state index contributed by atoms with van der Waals surface area (Å²) in [6.07, 6.45) is 1.01. The van der Waals surface area contributed by atoms with Gasteiger partial charge in [-0.2, -0.15) is 0 Å². The van der Waals surface area contributed by atoms with E-state index in [1.807, 2.05) is 38.1 Å². The first-order valence-electron chi connectivity index (χ1n) is 11.7. The molecule has 7 heteroatoms. The number of carbonyl (C=O) groups excluding carboxylic acids is 1. The van der Waals surface area contributed by atoms with Crippen molar-refractivity contribution in [1.29, 1.82) is 0 Å². The fraction of sp³-hybridized carbons (Fsp3) is 0.407. The number of benzene rings is 2. The molecule has 1 N–H and O–H groups in total. The van der Waals surface area contributed by atoms with E-state index in [-0.39, 0.29) is 5.91 Å². The first-order chi connectivity index (χ1) is 16.2. The van der Waals surface area contributed by atoms with Crippen LogP contribution >= 0.6 is 11.6 Å². The first kappa shape index (κ1) is 23.1. The van der Waals surface area contributed by atoms with Crippen LogP contribution in [0.25, 0.3) is 22.7 Å². The fourth-order valence-electron chi connectivity index (χ4n) is 4.93. The molecule has 0 saturated carbocycles. The highest BCUT2D eigenvalue weighted by molar-refractivity contribution is 6.30. The lowest BCUT2D eigenvalue weighted by Gasteiger charge is -2.55. The summed E-state index contributed by atoms with van der Waals surface area (Å²) < 4.78 is 11.6. The topological polar surface area (TPSA) is 67.6 Å². The van der Waals surface area contributed by atoms with Gasteiger partial charge in [-0.05, 0) is 50.1 Å². The van der Waals surface area contributed by atoms with Gasteiger partial charge in [0.05, 0.1) is 18.8 Å². The van der Waals surface area contributed by atoms with Crippen molar-refractivity contribution in [3.63, 3.8) is 0 Å². The minimum absolute atomic E-state index is 0.137. The van der Waals surface area contributed by atoms with Crippen LogP contribution in [0.3, 0.4) is 0 Å². The maximum absolute atomic E-state index is 11.8. The van der Waals surface area contributed by atoms with Gasteiger partial charge in [0.2, 0.25) is 11.8 Å². The van der Waals surface area contributed by atoms with E-state index < -0.39 is 5.54 Å².